The minimum Gasteiger partial charge on any atom is -0.356 e. The van der Waals surface area contributed by atoms with Gasteiger partial charge >= 0.3 is 0 Å². The zero-order valence-electron chi connectivity index (χ0n) is 12.8. The second-order valence-corrected chi connectivity index (χ2v) is 5.40. The molecule has 1 heterocycles. The second-order valence-electron chi connectivity index (χ2n) is 5.40. The number of imidazole rings is 1. The van der Waals surface area contributed by atoms with E-state index >= 15 is 0 Å². The Morgan fingerprint density at radius 2 is 1.85 bits per heavy atom. The predicted molar refractivity (Wildman–Crippen MR) is 82.5 cm³/mol. The Balaban J connectivity index is 1.85. The smallest absolute Gasteiger partial charge is 0.220 e. The van der Waals surface area contributed by atoms with E-state index in [-0.39, 0.29) is 5.91 Å². The highest BCUT2D eigenvalue weighted by Gasteiger charge is 2.01. The summed E-state index contributed by atoms with van der Waals surface area (Å²) in [6.45, 7) is 2.93. The quantitative estimate of drug-likeness (QED) is 0.574. The molecule has 0 saturated carbocycles. The van der Waals surface area contributed by atoms with Crippen LogP contribution in [0.1, 0.15) is 70.4 Å². The minimum absolute atomic E-state index is 0.176. The summed E-state index contributed by atoms with van der Waals surface area (Å²) < 4.78 is 0. The number of hydrogen-bond acceptors (Lipinski definition) is 2. The molecule has 0 aliphatic heterocycles. The predicted octanol–water partition coefficient (Wildman–Crippen LogP) is 3.60. The molecule has 0 aromatic carbocycles. The molecule has 0 bridgehead atoms. The van der Waals surface area contributed by atoms with Gasteiger partial charge in [0.05, 0.1) is 6.33 Å². The molecule has 0 radical (unpaired) electrons. The number of amides is 1. The molecule has 2 N–H and O–H groups in total. The second kappa shape index (κ2) is 11.5. The number of nitrogens with zero attached hydrogens (tertiary/aromatic N) is 1. The molecule has 4 heteroatoms. The van der Waals surface area contributed by atoms with Gasteiger partial charge in [0.25, 0.3) is 0 Å². The first-order chi connectivity index (χ1) is 9.83. The van der Waals surface area contributed by atoms with Gasteiger partial charge in [-0.05, 0) is 6.42 Å². The SMILES string of the molecule is CCCCCCCCCCC(=O)NCCc1cnc[nH]1. The summed E-state index contributed by atoms with van der Waals surface area (Å²) in [5.74, 6) is 0.176. The molecule has 0 aliphatic rings. The summed E-state index contributed by atoms with van der Waals surface area (Å²) in [5, 5.41) is 2.95. The number of aromatic nitrogens is 2. The van der Waals surface area contributed by atoms with Crippen LogP contribution in [0.25, 0.3) is 0 Å². The van der Waals surface area contributed by atoms with E-state index in [1.165, 1.54) is 44.9 Å². The van der Waals surface area contributed by atoms with E-state index in [2.05, 4.69) is 22.2 Å². The molecule has 0 fully saturated rings. The van der Waals surface area contributed by atoms with Crippen LogP contribution >= 0.6 is 0 Å². The Morgan fingerprint density at radius 3 is 2.50 bits per heavy atom. The number of hydrogen-bond donors (Lipinski definition) is 2. The van der Waals surface area contributed by atoms with E-state index in [4.69, 9.17) is 0 Å². The van der Waals surface area contributed by atoms with Gasteiger partial charge in [0.15, 0.2) is 0 Å². The van der Waals surface area contributed by atoms with Gasteiger partial charge in [0, 0.05) is 31.3 Å². The van der Waals surface area contributed by atoms with Crippen LogP contribution in [0.3, 0.4) is 0 Å². The van der Waals surface area contributed by atoms with Crippen molar-refractivity contribution < 1.29 is 4.79 Å². The van der Waals surface area contributed by atoms with Gasteiger partial charge in [0.1, 0.15) is 0 Å². The molecule has 114 valence electrons. The third-order valence-electron chi connectivity index (χ3n) is 3.53. The molecule has 4 nitrogen and oxygen atoms in total. The Bertz CT molecular complexity index is 336. The van der Waals surface area contributed by atoms with Crippen LogP contribution in [0.2, 0.25) is 0 Å². The fourth-order valence-corrected chi connectivity index (χ4v) is 2.27. The zero-order chi connectivity index (χ0) is 14.5. The number of unbranched alkanes of at least 4 members (excludes halogenated alkanes) is 7. The van der Waals surface area contributed by atoms with Crippen LogP contribution < -0.4 is 5.32 Å². The van der Waals surface area contributed by atoms with E-state index in [9.17, 15) is 4.79 Å². The standard InChI is InChI=1S/C16H29N3O/c1-2-3-4-5-6-7-8-9-10-16(20)18-12-11-15-13-17-14-19-15/h13-14H,2-12H2,1H3,(H,17,19)(H,18,20). The molecule has 1 rings (SSSR count). The minimum atomic E-state index is 0.176. The molecule has 0 unspecified atom stereocenters. The molecule has 0 saturated heterocycles. The fourth-order valence-electron chi connectivity index (χ4n) is 2.27. The third kappa shape index (κ3) is 8.73. The lowest BCUT2D eigenvalue weighted by Crippen LogP contribution is -2.25. The van der Waals surface area contributed by atoms with Crippen molar-refractivity contribution in [1.29, 1.82) is 0 Å². The number of rotatable bonds is 12. The number of carbonyl (C=O) groups is 1. The van der Waals surface area contributed by atoms with Crippen LogP contribution in [0.5, 0.6) is 0 Å². The average Bonchev–Trinajstić information content (AvgIpc) is 2.95. The highest BCUT2D eigenvalue weighted by atomic mass is 16.1. The summed E-state index contributed by atoms with van der Waals surface area (Å²) in [6.07, 6.45) is 15.1. The van der Waals surface area contributed by atoms with Gasteiger partial charge < -0.3 is 10.3 Å². The van der Waals surface area contributed by atoms with Crippen LogP contribution in [-0.2, 0) is 11.2 Å². The van der Waals surface area contributed by atoms with Crippen LogP contribution in [0, 0.1) is 0 Å². The molecule has 1 aromatic rings. The lowest BCUT2D eigenvalue weighted by atomic mass is 10.1. The summed E-state index contributed by atoms with van der Waals surface area (Å²) in [7, 11) is 0. The van der Waals surface area contributed by atoms with Gasteiger partial charge in [0.2, 0.25) is 5.91 Å². The van der Waals surface area contributed by atoms with Gasteiger partial charge in [-0.3, -0.25) is 4.79 Å². The Hall–Kier alpha value is -1.32. The fraction of sp³-hybridized carbons (Fsp3) is 0.750. The van der Waals surface area contributed by atoms with E-state index in [0.29, 0.717) is 13.0 Å². The van der Waals surface area contributed by atoms with Crippen molar-refractivity contribution in [2.24, 2.45) is 0 Å². The van der Waals surface area contributed by atoms with E-state index in [0.717, 1.165) is 18.5 Å². The molecular formula is C16H29N3O. The summed E-state index contributed by atoms with van der Waals surface area (Å²) in [4.78, 5) is 18.6. The molecule has 1 aromatic heterocycles. The maximum absolute atomic E-state index is 11.6. The van der Waals surface area contributed by atoms with Crippen LogP contribution in [-0.4, -0.2) is 22.4 Å². The van der Waals surface area contributed by atoms with E-state index in [1.54, 1.807) is 12.5 Å². The third-order valence-corrected chi connectivity index (χ3v) is 3.53. The van der Waals surface area contributed by atoms with Crippen molar-refractivity contribution in [2.45, 2.75) is 71.1 Å². The Morgan fingerprint density at radius 1 is 1.15 bits per heavy atom. The summed E-state index contributed by atoms with van der Waals surface area (Å²) >= 11 is 0. The normalized spacial score (nSPS) is 10.7. The number of nitrogens with one attached hydrogen (secondary N) is 2. The van der Waals surface area contributed by atoms with E-state index in [1.807, 2.05) is 0 Å². The first-order valence-corrected chi connectivity index (χ1v) is 8.07. The highest BCUT2D eigenvalue weighted by Crippen LogP contribution is 2.09. The average molecular weight is 279 g/mol. The zero-order valence-corrected chi connectivity index (χ0v) is 12.8. The summed E-state index contributed by atoms with van der Waals surface area (Å²) in [5.41, 5.74) is 1.07. The Labute approximate surface area is 122 Å². The molecule has 20 heavy (non-hydrogen) atoms. The van der Waals surface area contributed by atoms with E-state index < -0.39 is 0 Å². The van der Waals surface area contributed by atoms with Gasteiger partial charge in [-0.2, -0.15) is 0 Å². The van der Waals surface area contributed by atoms with Gasteiger partial charge in [-0.15, -0.1) is 0 Å². The number of carbonyl (C=O) groups excluding carboxylic acids is 1. The van der Waals surface area contributed by atoms with Gasteiger partial charge in [-0.1, -0.05) is 51.9 Å². The van der Waals surface area contributed by atoms with Crippen molar-refractivity contribution in [3.05, 3.63) is 18.2 Å². The molecular weight excluding hydrogens is 250 g/mol. The lowest BCUT2D eigenvalue weighted by Gasteiger charge is -2.04. The highest BCUT2D eigenvalue weighted by molar-refractivity contribution is 5.75. The molecule has 0 aliphatic carbocycles. The van der Waals surface area contributed by atoms with Crippen molar-refractivity contribution >= 4 is 5.91 Å². The first-order valence-electron chi connectivity index (χ1n) is 8.07. The largest absolute Gasteiger partial charge is 0.356 e. The first kappa shape index (κ1) is 16.7. The van der Waals surface area contributed by atoms with Crippen LogP contribution in [0.15, 0.2) is 12.5 Å². The molecule has 0 spiro atoms. The topological polar surface area (TPSA) is 57.8 Å². The van der Waals surface area contributed by atoms with Crippen LogP contribution in [0.4, 0.5) is 0 Å². The number of aromatic amines is 1. The Kier molecular flexibility index (Phi) is 9.62. The summed E-state index contributed by atoms with van der Waals surface area (Å²) in [6, 6.07) is 0. The van der Waals surface area contributed by atoms with Gasteiger partial charge in [-0.25, -0.2) is 4.98 Å². The maximum Gasteiger partial charge on any atom is 0.220 e. The van der Waals surface area contributed by atoms with Crippen molar-refractivity contribution in [2.75, 3.05) is 6.54 Å². The molecule has 1 amide bonds. The monoisotopic (exact) mass is 279 g/mol. The lowest BCUT2D eigenvalue weighted by molar-refractivity contribution is -0.121. The van der Waals surface area contributed by atoms with Crippen molar-refractivity contribution in [1.82, 2.24) is 15.3 Å². The maximum atomic E-state index is 11.6. The van der Waals surface area contributed by atoms with Crippen molar-refractivity contribution in [3.63, 3.8) is 0 Å². The molecule has 0 atom stereocenters. The van der Waals surface area contributed by atoms with Crippen molar-refractivity contribution in [3.8, 4) is 0 Å². The number of H-pyrrole nitrogens is 1.